The van der Waals surface area contributed by atoms with Crippen LogP contribution in [-0.2, 0) is 0 Å². The zero-order valence-corrected chi connectivity index (χ0v) is 7.98. The molecule has 4 heteroatoms. The summed E-state index contributed by atoms with van der Waals surface area (Å²) in [6, 6.07) is 3.68. The third-order valence-electron chi connectivity index (χ3n) is 1.04. The van der Waals surface area contributed by atoms with Crippen LogP contribution < -0.4 is 4.74 Å². The molecule has 1 N–H and O–H groups in total. The summed E-state index contributed by atoms with van der Waals surface area (Å²) in [4.78, 5) is 3.97. The van der Waals surface area contributed by atoms with Gasteiger partial charge in [-0.25, -0.2) is 4.98 Å². The topological polar surface area (TPSA) is 42.4 Å². The van der Waals surface area contributed by atoms with Gasteiger partial charge in [0, 0.05) is 15.8 Å². The number of hydrogen-bond donors (Lipinski definition) is 1. The summed E-state index contributed by atoms with van der Waals surface area (Å²) < 4.78 is 6.11. The lowest BCUT2D eigenvalue weighted by molar-refractivity contribution is 0.196. The summed E-state index contributed by atoms with van der Waals surface area (Å²) in [5.41, 5.74) is 0. The first-order valence-electron chi connectivity index (χ1n) is 3.18. The molecule has 1 aromatic heterocycles. The molecule has 0 saturated carbocycles. The Balaban J connectivity index is 2.52. The van der Waals surface area contributed by atoms with Crippen molar-refractivity contribution in [3.63, 3.8) is 0 Å². The number of pyridine rings is 1. The molecule has 3 nitrogen and oxygen atoms in total. The quantitative estimate of drug-likeness (QED) is 0.831. The highest BCUT2D eigenvalue weighted by Crippen LogP contribution is 2.08. The summed E-state index contributed by atoms with van der Waals surface area (Å²) in [6.45, 7) is 0.321. The van der Waals surface area contributed by atoms with Crippen molar-refractivity contribution in [2.45, 2.75) is 0 Å². The molecule has 0 aromatic carbocycles. The van der Waals surface area contributed by atoms with Crippen LogP contribution in [0, 0.1) is 3.57 Å². The molecule has 1 aromatic rings. The molecule has 1 heterocycles. The fraction of sp³-hybridized carbons (Fsp3) is 0.286. The highest BCUT2D eigenvalue weighted by Gasteiger charge is 1.92. The Kier molecular flexibility index (Phi) is 3.58. The lowest BCUT2D eigenvalue weighted by Crippen LogP contribution is -2.02. The first-order valence-corrected chi connectivity index (χ1v) is 4.26. The first-order chi connectivity index (χ1) is 5.33. The molecule has 0 radical (unpaired) electrons. The van der Waals surface area contributed by atoms with Gasteiger partial charge in [0.1, 0.15) is 6.61 Å². The van der Waals surface area contributed by atoms with Crippen molar-refractivity contribution in [3.8, 4) is 5.88 Å². The monoisotopic (exact) mass is 265 g/mol. The average molecular weight is 265 g/mol. The van der Waals surface area contributed by atoms with Crippen molar-refractivity contribution in [1.29, 1.82) is 0 Å². The number of aliphatic hydroxyl groups excluding tert-OH is 1. The molecule has 0 saturated heterocycles. The SMILES string of the molecule is OCCOc1ccc(I)cn1. The molecule has 0 spiro atoms. The number of hydrogen-bond acceptors (Lipinski definition) is 3. The smallest absolute Gasteiger partial charge is 0.213 e. The predicted molar refractivity (Wildman–Crippen MR) is 49.5 cm³/mol. The third-order valence-corrected chi connectivity index (χ3v) is 1.68. The van der Waals surface area contributed by atoms with Gasteiger partial charge in [-0.05, 0) is 28.7 Å². The minimum absolute atomic E-state index is 0.0215. The van der Waals surface area contributed by atoms with Crippen LogP contribution in [0.3, 0.4) is 0 Å². The van der Waals surface area contributed by atoms with Crippen LogP contribution in [-0.4, -0.2) is 23.3 Å². The second-order valence-electron chi connectivity index (χ2n) is 1.89. The Morgan fingerprint density at radius 1 is 1.55 bits per heavy atom. The van der Waals surface area contributed by atoms with Crippen LogP contribution in [0.2, 0.25) is 0 Å². The van der Waals surface area contributed by atoms with Crippen molar-refractivity contribution in [1.82, 2.24) is 4.98 Å². The number of aromatic nitrogens is 1. The number of aliphatic hydroxyl groups is 1. The van der Waals surface area contributed by atoms with Crippen LogP contribution in [0.1, 0.15) is 0 Å². The highest BCUT2D eigenvalue weighted by molar-refractivity contribution is 14.1. The van der Waals surface area contributed by atoms with E-state index < -0.39 is 0 Å². The van der Waals surface area contributed by atoms with Crippen molar-refractivity contribution < 1.29 is 9.84 Å². The van der Waals surface area contributed by atoms with Crippen molar-refractivity contribution in [3.05, 3.63) is 21.9 Å². The second-order valence-corrected chi connectivity index (χ2v) is 3.13. The van der Waals surface area contributed by atoms with E-state index in [-0.39, 0.29) is 6.61 Å². The Bertz CT molecular complexity index is 212. The van der Waals surface area contributed by atoms with E-state index in [1.807, 2.05) is 6.07 Å². The molecule has 0 unspecified atom stereocenters. The van der Waals surface area contributed by atoms with Gasteiger partial charge < -0.3 is 9.84 Å². The Hall–Kier alpha value is -0.360. The standard InChI is InChI=1S/C7H8INO2/c8-6-1-2-7(9-5-6)11-4-3-10/h1-2,5,10H,3-4H2. The van der Waals surface area contributed by atoms with Crippen LogP contribution in [0.15, 0.2) is 18.3 Å². The minimum Gasteiger partial charge on any atom is -0.475 e. The van der Waals surface area contributed by atoms with E-state index in [0.717, 1.165) is 3.57 Å². The van der Waals surface area contributed by atoms with Gasteiger partial charge in [0.25, 0.3) is 0 Å². The first kappa shape index (κ1) is 8.73. The molecule has 1 rings (SSSR count). The number of nitrogens with zero attached hydrogens (tertiary/aromatic N) is 1. The molecular formula is C7H8INO2. The van der Waals surface area contributed by atoms with E-state index >= 15 is 0 Å². The fourth-order valence-corrected chi connectivity index (χ4v) is 0.917. The largest absolute Gasteiger partial charge is 0.475 e. The summed E-state index contributed by atoms with van der Waals surface area (Å²) in [7, 11) is 0. The summed E-state index contributed by atoms with van der Waals surface area (Å²) in [5.74, 6) is 0.555. The van der Waals surface area contributed by atoms with E-state index in [9.17, 15) is 0 Å². The van der Waals surface area contributed by atoms with Crippen molar-refractivity contribution >= 4 is 22.6 Å². The van der Waals surface area contributed by atoms with Crippen LogP contribution in [0.4, 0.5) is 0 Å². The minimum atomic E-state index is 0.0215. The van der Waals surface area contributed by atoms with Crippen LogP contribution in [0.25, 0.3) is 0 Å². The van der Waals surface area contributed by atoms with Gasteiger partial charge in [0.2, 0.25) is 5.88 Å². The Morgan fingerprint density at radius 2 is 2.36 bits per heavy atom. The van der Waals surface area contributed by atoms with Crippen LogP contribution in [0.5, 0.6) is 5.88 Å². The normalized spacial score (nSPS) is 9.64. The zero-order valence-electron chi connectivity index (χ0n) is 5.83. The zero-order chi connectivity index (χ0) is 8.10. The van der Waals surface area contributed by atoms with Crippen molar-refractivity contribution in [2.75, 3.05) is 13.2 Å². The Morgan fingerprint density at radius 3 is 2.91 bits per heavy atom. The molecule has 11 heavy (non-hydrogen) atoms. The van der Waals surface area contributed by atoms with Gasteiger partial charge in [0.15, 0.2) is 0 Å². The molecule has 0 fully saturated rings. The molecule has 0 aliphatic carbocycles. The third kappa shape index (κ3) is 3.02. The lowest BCUT2D eigenvalue weighted by Gasteiger charge is -2.01. The summed E-state index contributed by atoms with van der Waals surface area (Å²) in [5, 5.41) is 8.43. The molecule has 0 aliphatic rings. The summed E-state index contributed by atoms with van der Waals surface area (Å²) >= 11 is 2.17. The van der Waals surface area contributed by atoms with E-state index in [1.165, 1.54) is 0 Å². The molecule has 0 aliphatic heterocycles. The van der Waals surface area contributed by atoms with E-state index in [2.05, 4.69) is 27.6 Å². The molecule has 0 amide bonds. The van der Waals surface area contributed by atoms with E-state index in [1.54, 1.807) is 12.3 Å². The lowest BCUT2D eigenvalue weighted by atomic mass is 10.5. The maximum absolute atomic E-state index is 8.43. The van der Waals surface area contributed by atoms with Gasteiger partial charge in [-0.2, -0.15) is 0 Å². The van der Waals surface area contributed by atoms with Gasteiger partial charge in [-0.3, -0.25) is 0 Å². The molecule has 0 bridgehead atoms. The van der Waals surface area contributed by atoms with Gasteiger partial charge >= 0.3 is 0 Å². The predicted octanol–water partition coefficient (Wildman–Crippen LogP) is 1.06. The molecule has 60 valence electrons. The van der Waals surface area contributed by atoms with Gasteiger partial charge in [0.05, 0.1) is 6.61 Å². The fourth-order valence-electron chi connectivity index (χ4n) is 0.598. The maximum Gasteiger partial charge on any atom is 0.213 e. The van der Waals surface area contributed by atoms with E-state index in [4.69, 9.17) is 9.84 Å². The molecule has 0 atom stereocenters. The van der Waals surface area contributed by atoms with Gasteiger partial charge in [-0.1, -0.05) is 0 Å². The number of ether oxygens (including phenoxy) is 1. The average Bonchev–Trinajstić information content (AvgIpc) is 2.04. The highest BCUT2D eigenvalue weighted by atomic mass is 127. The molecular weight excluding hydrogens is 257 g/mol. The Labute approximate surface area is 78.6 Å². The maximum atomic E-state index is 8.43. The van der Waals surface area contributed by atoms with Gasteiger partial charge in [-0.15, -0.1) is 0 Å². The van der Waals surface area contributed by atoms with Crippen molar-refractivity contribution in [2.24, 2.45) is 0 Å². The number of rotatable bonds is 3. The second kappa shape index (κ2) is 4.50. The number of halogens is 1. The van der Waals surface area contributed by atoms with E-state index in [0.29, 0.717) is 12.5 Å². The van der Waals surface area contributed by atoms with Crippen LogP contribution >= 0.6 is 22.6 Å². The summed E-state index contributed by atoms with van der Waals surface area (Å²) in [6.07, 6.45) is 1.72.